The molecule has 5 nitrogen and oxygen atoms in total. The van der Waals surface area contributed by atoms with Gasteiger partial charge in [-0.2, -0.15) is 0 Å². The summed E-state index contributed by atoms with van der Waals surface area (Å²) in [6, 6.07) is 5.56. The van der Waals surface area contributed by atoms with E-state index in [1.807, 2.05) is 18.2 Å². The van der Waals surface area contributed by atoms with Gasteiger partial charge < -0.3 is 11.1 Å². The van der Waals surface area contributed by atoms with Gasteiger partial charge >= 0.3 is 0 Å². The topological polar surface area (TPSA) is 80.9 Å². The quantitative estimate of drug-likeness (QED) is 0.835. The average Bonchev–Trinajstić information content (AvgIpc) is 2.66. The van der Waals surface area contributed by atoms with Crippen molar-refractivity contribution in [3.8, 4) is 0 Å². The molecule has 2 rings (SSSR count). The van der Waals surface area contributed by atoms with Crippen molar-refractivity contribution in [2.24, 2.45) is 5.73 Å². The average molecular weight is 234 g/mol. The Hall–Kier alpha value is -1.95. The van der Waals surface area contributed by atoms with Crippen LogP contribution in [0.15, 0.2) is 29.8 Å². The van der Waals surface area contributed by atoms with Crippen LogP contribution in [0.4, 0.5) is 10.9 Å². The Morgan fingerprint density at radius 2 is 2.38 bits per heavy atom. The minimum absolute atomic E-state index is 0.167. The second-order valence-corrected chi connectivity index (χ2v) is 3.99. The molecule has 0 saturated carbocycles. The first-order valence-electron chi connectivity index (χ1n) is 4.65. The van der Waals surface area contributed by atoms with Gasteiger partial charge in [-0.15, -0.1) is 11.3 Å². The third kappa shape index (κ3) is 2.77. The molecule has 0 aliphatic heterocycles. The van der Waals surface area contributed by atoms with Gasteiger partial charge in [-0.3, -0.25) is 4.79 Å². The fourth-order valence-electron chi connectivity index (χ4n) is 1.17. The molecule has 2 aromatic heterocycles. The number of thiazole rings is 1. The third-order valence-corrected chi connectivity index (χ3v) is 2.61. The smallest absolute Gasteiger partial charge is 0.223 e. The SMILES string of the molecule is NC(=O)Cc1csc(Nc2ccccn2)n1. The zero-order chi connectivity index (χ0) is 11.4. The van der Waals surface area contributed by atoms with Gasteiger partial charge in [0.2, 0.25) is 5.91 Å². The van der Waals surface area contributed by atoms with Crippen LogP contribution in [0.25, 0.3) is 0 Å². The molecule has 0 aliphatic carbocycles. The molecule has 2 aromatic rings. The maximum atomic E-state index is 10.7. The molecule has 1 amide bonds. The molecule has 0 fully saturated rings. The van der Waals surface area contributed by atoms with E-state index in [1.165, 1.54) is 11.3 Å². The second-order valence-electron chi connectivity index (χ2n) is 3.13. The summed E-state index contributed by atoms with van der Waals surface area (Å²) in [5.41, 5.74) is 5.76. The molecule has 0 saturated heterocycles. The van der Waals surface area contributed by atoms with Gasteiger partial charge in [-0.1, -0.05) is 6.07 Å². The van der Waals surface area contributed by atoms with Crippen molar-refractivity contribution in [2.75, 3.05) is 5.32 Å². The molecular weight excluding hydrogens is 224 g/mol. The molecule has 0 aliphatic rings. The molecule has 16 heavy (non-hydrogen) atoms. The summed E-state index contributed by atoms with van der Waals surface area (Å²) < 4.78 is 0. The van der Waals surface area contributed by atoms with E-state index in [9.17, 15) is 4.79 Å². The normalized spacial score (nSPS) is 10.0. The minimum atomic E-state index is -0.380. The number of carbonyl (C=O) groups excluding carboxylic acids is 1. The number of amides is 1. The molecule has 0 radical (unpaired) electrons. The number of nitrogens with zero attached hydrogens (tertiary/aromatic N) is 2. The van der Waals surface area contributed by atoms with Crippen molar-refractivity contribution < 1.29 is 4.79 Å². The van der Waals surface area contributed by atoms with Crippen LogP contribution in [0.1, 0.15) is 5.69 Å². The number of rotatable bonds is 4. The Labute approximate surface area is 96.3 Å². The zero-order valence-electron chi connectivity index (χ0n) is 8.38. The van der Waals surface area contributed by atoms with Crippen LogP contribution < -0.4 is 11.1 Å². The van der Waals surface area contributed by atoms with Crippen LogP contribution in [-0.2, 0) is 11.2 Å². The molecule has 0 atom stereocenters. The van der Waals surface area contributed by atoms with Crippen LogP contribution in [0, 0.1) is 0 Å². The monoisotopic (exact) mass is 234 g/mol. The van der Waals surface area contributed by atoms with Gasteiger partial charge in [0.1, 0.15) is 5.82 Å². The van der Waals surface area contributed by atoms with Crippen molar-refractivity contribution >= 4 is 28.2 Å². The third-order valence-electron chi connectivity index (χ3n) is 1.81. The van der Waals surface area contributed by atoms with Crippen LogP contribution in [0.3, 0.4) is 0 Å². The second kappa shape index (κ2) is 4.71. The summed E-state index contributed by atoms with van der Waals surface area (Å²) in [4.78, 5) is 19.0. The highest BCUT2D eigenvalue weighted by molar-refractivity contribution is 7.13. The summed E-state index contributed by atoms with van der Waals surface area (Å²) in [7, 11) is 0. The Morgan fingerprint density at radius 3 is 3.06 bits per heavy atom. The van der Waals surface area contributed by atoms with E-state index in [0.29, 0.717) is 10.8 Å². The van der Waals surface area contributed by atoms with Crippen molar-refractivity contribution in [1.29, 1.82) is 0 Å². The lowest BCUT2D eigenvalue weighted by Gasteiger charge is -1.99. The fraction of sp³-hybridized carbons (Fsp3) is 0.100. The van der Waals surface area contributed by atoms with Gasteiger partial charge in [-0.25, -0.2) is 9.97 Å². The van der Waals surface area contributed by atoms with E-state index in [1.54, 1.807) is 11.6 Å². The summed E-state index contributed by atoms with van der Waals surface area (Å²) >= 11 is 1.42. The van der Waals surface area contributed by atoms with Crippen molar-refractivity contribution in [3.05, 3.63) is 35.5 Å². The zero-order valence-corrected chi connectivity index (χ0v) is 9.20. The Balaban J connectivity index is 2.06. The molecule has 0 bridgehead atoms. The Morgan fingerprint density at radius 1 is 1.50 bits per heavy atom. The first-order valence-corrected chi connectivity index (χ1v) is 5.53. The van der Waals surface area contributed by atoms with Gasteiger partial charge in [0.25, 0.3) is 0 Å². The van der Waals surface area contributed by atoms with Crippen molar-refractivity contribution in [2.45, 2.75) is 6.42 Å². The van der Waals surface area contributed by atoms with Crippen LogP contribution >= 0.6 is 11.3 Å². The lowest BCUT2D eigenvalue weighted by molar-refractivity contribution is -0.117. The lowest BCUT2D eigenvalue weighted by Crippen LogP contribution is -2.13. The van der Waals surface area contributed by atoms with Crippen molar-refractivity contribution in [3.63, 3.8) is 0 Å². The highest BCUT2D eigenvalue weighted by Gasteiger charge is 2.05. The summed E-state index contributed by atoms with van der Waals surface area (Å²) in [6.45, 7) is 0. The number of anilines is 2. The molecule has 82 valence electrons. The fourth-order valence-corrected chi connectivity index (χ4v) is 1.89. The predicted octanol–water partition coefficient (Wildman–Crippen LogP) is 1.31. The Bertz CT molecular complexity index is 483. The van der Waals surface area contributed by atoms with Gasteiger partial charge in [0, 0.05) is 11.6 Å². The molecule has 0 unspecified atom stereocenters. The number of hydrogen-bond acceptors (Lipinski definition) is 5. The summed E-state index contributed by atoms with van der Waals surface area (Å²) in [6.07, 6.45) is 1.86. The number of nitrogens with one attached hydrogen (secondary N) is 1. The van der Waals surface area contributed by atoms with Crippen LogP contribution in [-0.4, -0.2) is 15.9 Å². The van der Waals surface area contributed by atoms with Gasteiger partial charge in [0.05, 0.1) is 12.1 Å². The van der Waals surface area contributed by atoms with E-state index < -0.39 is 0 Å². The standard InChI is InChI=1S/C10H10N4OS/c11-8(15)5-7-6-16-10(13-7)14-9-3-1-2-4-12-9/h1-4,6H,5H2,(H2,11,15)(H,12,13,14). The maximum Gasteiger partial charge on any atom is 0.223 e. The molecule has 0 aromatic carbocycles. The number of hydrogen-bond donors (Lipinski definition) is 2. The number of pyridine rings is 1. The van der Waals surface area contributed by atoms with Gasteiger partial charge in [0.15, 0.2) is 5.13 Å². The lowest BCUT2D eigenvalue weighted by atomic mass is 10.3. The summed E-state index contributed by atoms with van der Waals surface area (Å²) in [5, 5.41) is 5.55. The van der Waals surface area contributed by atoms with Crippen molar-refractivity contribution in [1.82, 2.24) is 9.97 Å². The predicted molar refractivity (Wildman–Crippen MR) is 62.5 cm³/mol. The molecule has 0 spiro atoms. The van der Waals surface area contributed by atoms with Crippen LogP contribution in [0.2, 0.25) is 0 Å². The van der Waals surface area contributed by atoms with Crippen LogP contribution in [0.5, 0.6) is 0 Å². The van der Waals surface area contributed by atoms with E-state index in [2.05, 4.69) is 15.3 Å². The van der Waals surface area contributed by atoms with E-state index in [4.69, 9.17) is 5.73 Å². The number of carbonyl (C=O) groups is 1. The first kappa shape index (κ1) is 10.6. The highest BCUT2D eigenvalue weighted by Crippen LogP contribution is 2.19. The summed E-state index contributed by atoms with van der Waals surface area (Å²) in [5.74, 6) is 0.345. The number of primary amides is 1. The minimum Gasteiger partial charge on any atom is -0.369 e. The highest BCUT2D eigenvalue weighted by atomic mass is 32.1. The molecule has 2 heterocycles. The molecule has 3 N–H and O–H groups in total. The van der Waals surface area contributed by atoms with E-state index >= 15 is 0 Å². The largest absolute Gasteiger partial charge is 0.369 e. The number of aromatic nitrogens is 2. The molecular formula is C10H10N4OS. The van der Waals surface area contributed by atoms with E-state index in [0.717, 1.165) is 5.82 Å². The first-order chi connectivity index (χ1) is 7.74. The number of nitrogens with two attached hydrogens (primary N) is 1. The van der Waals surface area contributed by atoms with Gasteiger partial charge in [-0.05, 0) is 12.1 Å². The Kier molecular flexibility index (Phi) is 3.11. The maximum absolute atomic E-state index is 10.7. The van der Waals surface area contributed by atoms with E-state index in [-0.39, 0.29) is 12.3 Å². The molecule has 6 heteroatoms.